The average Bonchev–Trinajstić information content (AvgIpc) is 2.66. The highest BCUT2D eigenvalue weighted by atomic mass is 19.1. The van der Waals surface area contributed by atoms with Gasteiger partial charge in [-0.3, -0.25) is 9.55 Å². The SMILES string of the molecule is CC(C)(C)OC(=O)n1cc(CC#N)c2ncc(F)cc21. The Labute approximate surface area is 115 Å². The molecule has 0 saturated heterocycles. The Morgan fingerprint density at radius 1 is 1.55 bits per heavy atom. The van der Waals surface area contributed by atoms with Crippen LogP contribution < -0.4 is 0 Å². The smallest absolute Gasteiger partial charge is 0.419 e. The number of carbonyl (C=O) groups is 1. The maximum atomic E-state index is 13.3. The number of ether oxygens (including phenoxy) is 1. The summed E-state index contributed by atoms with van der Waals surface area (Å²) in [6, 6.07) is 3.19. The molecule has 0 aromatic carbocycles. The lowest BCUT2D eigenvalue weighted by atomic mass is 10.2. The minimum Gasteiger partial charge on any atom is -0.443 e. The normalized spacial score (nSPS) is 11.3. The van der Waals surface area contributed by atoms with Crippen molar-refractivity contribution in [2.24, 2.45) is 0 Å². The first-order valence-electron chi connectivity index (χ1n) is 6.07. The van der Waals surface area contributed by atoms with Crippen molar-refractivity contribution in [1.82, 2.24) is 9.55 Å². The molecule has 20 heavy (non-hydrogen) atoms. The van der Waals surface area contributed by atoms with Crippen molar-refractivity contribution < 1.29 is 13.9 Å². The van der Waals surface area contributed by atoms with Crippen molar-refractivity contribution in [2.45, 2.75) is 32.8 Å². The van der Waals surface area contributed by atoms with Crippen molar-refractivity contribution in [3.63, 3.8) is 0 Å². The van der Waals surface area contributed by atoms with Gasteiger partial charge >= 0.3 is 6.09 Å². The third kappa shape index (κ3) is 2.77. The second-order valence-electron chi connectivity index (χ2n) is 5.36. The van der Waals surface area contributed by atoms with E-state index in [1.165, 1.54) is 16.8 Å². The molecule has 0 radical (unpaired) electrons. The molecule has 0 spiro atoms. The van der Waals surface area contributed by atoms with Crippen molar-refractivity contribution in [3.8, 4) is 6.07 Å². The molecule has 2 heterocycles. The molecule has 104 valence electrons. The second-order valence-corrected chi connectivity index (χ2v) is 5.36. The van der Waals surface area contributed by atoms with Crippen LogP contribution in [0.25, 0.3) is 11.0 Å². The summed E-state index contributed by atoms with van der Waals surface area (Å²) < 4.78 is 19.8. The highest BCUT2D eigenvalue weighted by molar-refractivity contribution is 5.89. The van der Waals surface area contributed by atoms with Crippen molar-refractivity contribution in [1.29, 1.82) is 5.26 Å². The van der Waals surface area contributed by atoms with E-state index in [4.69, 9.17) is 10.00 Å². The first-order chi connectivity index (χ1) is 9.31. The third-order valence-corrected chi connectivity index (χ3v) is 2.54. The molecular weight excluding hydrogens is 261 g/mol. The Balaban J connectivity index is 2.55. The summed E-state index contributed by atoms with van der Waals surface area (Å²) in [5.74, 6) is -0.552. The van der Waals surface area contributed by atoms with Gasteiger partial charge in [-0.1, -0.05) is 0 Å². The number of nitriles is 1. The Kier molecular flexibility index (Phi) is 3.45. The number of aromatic nitrogens is 2. The molecule has 0 N–H and O–H groups in total. The van der Waals surface area contributed by atoms with E-state index in [0.29, 0.717) is 16.6 Å². The summed E-state index contributed by atoms with van der Waals surface area (Å²) >= 11 is 0. The molecule has 0 aliphatic heterocycles. The Hall–Kier alpha value is -2.42. The molecule has 0 bridgehead atoms. The van der Waals surface area contributed by atoms with Crippen LogP contribution in [0.15, 0.2) is 18.5 Å². The van der Waals surface area contributed by atoms with Crippen LogP contribution in [-0.2, 0) is 11.2 Å². The summed E-state index contributed by atoms with van der Waals surface area (Å²) in [5, 5.41) is 8.79. The number of carbonyl (C=O) groups excluding carboxylic acids is 1. The van der Waals surface area contributed by atoms with Crippen LogP contribution in [0.3, 0.4) is 0 Å². The van der Waals surface area contributed by atoms with Crippen LogP contribution in [0.1, 0.15) is 26.3 Å². The lowest BCUT2D eigenvalue weighted by molar-refractivity contribution is 0.0544. The first kappa shape index (κ1) is 14.0. The molecule has 0 aliphatic carbocycles. The van der Waals surface area contributed by atoms with Crippen LogP contribution in [0.2, 0.25) is 0 Å². The van der Waals surface area contributed by atoms with Gasteiger partial charge in [0, 0.05) is 17.8 Å². The lowest BCUT2D eigenvalue weighted by Crippen LogP contribution is -2.26. The molecule has 2 rings (SSSR count). The molecule has 2 aromatic heterocycles. The number of pyridine rings is 1. The molecule has 0 amide bonds. The Morgan fingerprint density at radius 2 is 2.25 bits per heavy atom. The van der Waals surface area contributed by atoms with E-state index in [1.807, 2.05) is 6.07 Å². The zero-order valence-corrected chi connectivity index (χ0v) is 11.5. The van der Waals surface area contributed by atoms with Crippen molar-refractivity contribution in [3.05, 3.63) is 29.8 Å². The molecule has 0 fully saturated rings. The van der Waals surface area contributed by atoms with Crippen molar-refractivity contribution >= 4 is 17.1 Å². The molecule has 0 aliphatic rings. The zero-order chi connectivity index (χ0) is 14.9. The van der Waals surface area contributed by atoms with Crippen molar-refractivity contribution in [2.75, 3.05) is 0 Å². The predicted octanol–water partition coefficient (Wildman–Crippen LogP) is 3.02. The summed E-state index contributed by atoms with van der Waals surface area (Å²) in [6.07, 6.45) is 1.99. The zero-order valence-electron chi connectivity index (χ0n) is 11.5. The fourth-order valence-electron chi connectivity index (χ4n) is 1.82. The number of hydrogen-bond acceptors (Lipinski definition) is 4. The van der Waals surface area contributed by atoms with Gasteiger partial charge in [0.25, 0.3) is 0 Å². The minimum absolute atomic E-state index is 0.0882. The van der Waals surface area contributed by atoms with E-state index < -0.39 is 17.5 Å². The lowest BCUT2D eigenvalue weighted by Gasteiger charge is -2.19. The summed E-state index contributed by atoms with van der Waals surface area (Å²) in [4.78, 5) is 16.1. The summed E-state index contributed by atoms with van der Waals surface area (Å²) in [7, 11) is 0. The molecular formula is C14H14FN3O2. The molecule has 0 atom stereocenters. The van der Waals surface area contributed by atoms with Crippen LogP contribution in [-0.4, -0.2) is 21.2 Å². The van der Waals surface area contributed by atoms with Gasteiger partial charge in [0.1, 0.15) is 11.4 Å². The maximum absolute atomic E-state index is 13.3. The number of nitrogens with zero attached hydrogens (tertiary/aromatic N) is 3. The average molecular weight is 275 g/mol. The van der Waals surface area contributed by atoms with Crippen LogP contribution in [0.4, 0.5) is 9.18 Å². The molecule has 0 unspecified atom stereocenters. The van der Waals surface area contributed by atoms with Gasteiger partial charge in [0.2, 0.25) is 0 Å². The van der Waals surface area contributed by atoms with E-state index in [9.17, 15) is 9.18 Å². The summed E-state index contributed by atoms with van der Waals surface area (Å²) in [6.45, 7) is 5.23. The predicted molar refractivity (Wildman–Crippen MR) is 70.6 cm³/mol. The minimum atomic E-state index is -0.663. The van der Waals surface area contributed by atoms with E-state index >= 15 is 0 Å². The first-order valence-corrected chi connectivity index (χ1v) is 6.07. The van der Waals surface area contributed by atoms with E-state index in [2.05, 4.69) is 4.98 Å². The fourth-order valence-corrected chi connectivity index (χ4v) is 1.82. The van der Waals surface area contributed by atoms with Gasteiger partial charge in [0.05, 0.1) is 29.7 Å². The Bertz CT molecular complexity index is 708. The van der Waals surface area contributed by atoms with Gasteiger partial charge in [-0.25, -0.2) is 9.18 Å². The number of rotatable bonds is 1. The monoisotopic (exact) mass is 275 g/mol. The third-order valence-electron chi connectivity index (χ3n) is 2.54. The summed E-state index contributed by atoms with van der Waals surface area (Å²) in [5.41, 5.74) is 0.626. The van der Waals surface area contributed by atoms with Gasteiger partial charge in [-0.2, -0.15) is 5.26 Å². The van der Waals surface area contributed by atoms with Gasteiger partial charge in [0.15, 0.2) is 0 Å². The fraction of sp³-hybridized carbons (Fsp3) is 0.357. The van der Waals surface area contributed by atoms with Crippen LogP contribution in [0, 0.1) is 17.1 Å². The maximum Gasteiger partial charge on any atom is 0.419 e. The quantitative estimate of drug-likeness (QED) is 0.802. The highest BCUT2D eigenvalue weighted by Crippen LogP contribution is 2.22. The largest absolute Gasteiger partial charge is 0.443 e. The van der Waals surface area contributed by atoms with Crippen LogP contribution in [0.5, 0.6) is 0 Å². The van der Waals surface area contributed by atoms with E-state index in [-0.39, 0.29) is 6.42 Å². The van der Waals surface area contributed by atoms with Gasteiger partial charge in [-0.15, -0.1) is 0 Å². The Morgan fingerprint density at radius 3 is 2.85 bits per heavy atom. The highest BCUT2D eigenvalue weighted by Gasteiger charge is 2.21. The van der Waals surface area contributed by atoms with E-state index in [1.54, 1.807) is 20.8 Å². The standard InChI is InChI=1S/C14H14FN3O2/c1-14(2,3)20-13(19)18-8-9(4-5-16)12-11(18)6-10(15)7-17-12/h6-8H,4H2,1-3H3. The molecule has 0 saturated carbocycles. The number of fused-ring (bicyclic) bond motifs is 1. The van der Waals surface area contributed by atoms with Gasteiger partial charge < -0.3 is 4.74 Å². The molecule has 5 nitrogen and oxygen atoms in total. The molecule has 6 heteroatoms. The second kappa shape index (κ2) is 4.93. The molecule has 2 aromatic rings. The number of hydrogen-bond donors (Lipinski definition) is 0. The number of halogens is 1. The topological polar surface area (TPSA) is 67.9 Å². The van der Waals surface area contributed by atoms with E-state index in [0.717, 1.165) is 6.20 Å². The van der Waals surface area contributed by atoms with Crippen LogP contribution >= 0.6 is 0 Å². The van der Waals surface area contributed by atoms with Gasteiger partial charge in [-0.05, 0) is 20.8 Å².